The summed E-state index contributed by atoms with van der Waals surface area (Å²) >= 11 is 7.50. The van der Waals surface area contributed by atoms with Gasteiger partial charge in [0.15, 0.2) is 4.80 Å². The lowest BCUT2D eigenvalue weighted by Gasteiger charge is -2.14. The Balaban J connectivity index is 2.54. The first-order valence-corrected chi connectivity index (χ1v) is 8.70. The number of rotatable bonds is 4. The fourth-order valence-electron chi connectivity index (χ4n) is 2.08. The number of allylic oxidation sites excluding steroid dienone is 1. The third-order valence-electron chi connectivity index (χ3n) is 3.37. The molecule has 0 aliphatic carbocycles. The van der Waals surface area contributed by atoms with Crippen molar-refractivity contribution in [2.75, 3.05) is 7.11 Å². The topological polar surface area (TPSA) is 43.6 Å². The quantitative estimate of drug-likeness (QED) is 0.753. The number of ether oxygens (including phenoxy) is 1. The van der Waals surface area contributed by atoms with E-state index in [1.165, 1.54) is 18.4 Å². The molecule has 0 atom stereocenters. The normalized spacial score (nSPS) is 12.3. The number of halogens is 1. The van der Waals surface area contributed by atoms with Crippen molar-refractivity contribution in [2.24, 2.45) is 4.99 Å². The first kappa shape index (κ1) is 18.5. The molecule has 0 bridgehead atoms. The first-order valence-electron chi connectivity index (χ1n) is 7.50. The van der Waals surface area contributed by atoms with Crippen LogP contribution in [-0.2, 0) is 12.0 Å². The molecule has 0 radical (unpaired) electrons. The predicted octanol–water partition coefficient (Wildman–Crippen LogP) is 4.44. The highest BCUT2D eigenvalue weighted by molar-refractivity contribution is 7.09. The average Bonchev–Trinajstić information content (AvgIpc) is 2.90. The van der Waals surface area contributed by atoms with Gasteiger partial charge in [0.25, 0.3) is 5.91 Å². The fraction of sp³-hybridized carbons (Fsp3) is 0.333. The lowest BCUT2D eigenvalue weighted by Crippen LogP contribution is -2.15. The molecule has 24 heavy (non-hydrogen) atoms. The van der Waals surface area contributed by atoms with Crippen LogP contribution in [0.5, 0.6) is 5.75 Å². The van der Waals surface area contributed by atoms with Gasteiger partial charge < -0.3 is 9.30 Å². The second-order valence-electron chi connectivity index (χ2n) is 6.33. The molecule has 128 valence electrons. The van der Waals surface area contributed by atoms with Crippen LogP contribution < -0.4 is 9.54 Å². The molecule has 0 aliphatic heterocycles. The Hall–Kier alpha value is -1.85. The summed E-state index contributed by atoms with van der Waals surface area (Å²) in [6.07, 6.45) is 3.80. The van der Waals surface area contributed by atoms with Crippen molar-refractivity contribution in [1.82, 2.24) is 4.57 Å². The summed E-state index contributed by atoms with van der Waals surface area (Å²) in [5.74, 6) is 0.0745. The minimum Gasteiger partial charge on any atom is -0.496 e. The summed E-state index contributed by atoms with van der Waals surface area (Å²) in [6.45, 7) is 10.7. The highest BCUT2D eigenvalue weighted by Crippen LogP contribution is 2.25. The molecule has 0 spiro atoms. The van der Waals surface area contributed by atoms with Crippen molar-refractivity contribution in [1.29, 1.82) is 0 Å². The van der Waals surface area contributed by atoms with Crippen LogP contribution in [0.2, 0.25) is 5.02 Å². The number of hydrogen-bond acceptors (Lipinski definition) is 3. The van der Waals surface area contributed by atoms with Crippen molar-refractivity contribution in [3.05, 3.63) is 57.3 Å². The lowest BCUT2D eigenvalue weighted by molar-refractivity contribution is 0.0995. The van der Waals surface area contributed by atoms with Crippen molar-refractivity contribution in [2.45, 2.75) is 32.7 Å². The molecule has 1 aromatic carbocycles. The number of benzene rings is 1. The monoisotopic (exact) mass is 364 g/mol. The van der Waals surface area contributed by atoms with Crippen LogP contribution in [0.15, 0.2) is 42.0 Å². The van der Waals surface area contributed by atoms with Gasteiger partial charge in [-0.1, -0.05) is 38.4 Å². The highest BCUT2D eigenvalue weighted by atomic mass is 35.5. The largest absolute Gasteiger partial charge is 0.496 e. The molecule has 0 unspecified atom stereocenters. The SMILES string of the molecule is C=CCn1cc(C(C)(C)C)s/c1=N\C(=O)c1cc(Cl)ccc1OC. The minimum atomic E-state index is -0.380. The molecule has 0 N–H and O–H groups in total. The Morgan fingerprint density at radius 1 is 1.46 bits per heavy atom. The summed E-state index contributed by atoms with van der Waals surface area (Å²) in [5, 5.41) is 0.467. The number of nitrogens with zero attached hydrogens (tertiary/aromatic N) is 2. The van der Waals surface area contributed by atoms with E-state index in [-0.39, 0.29) is 11.3 Å². The number of hydrogen-bond donors (Lipinski definition) is 0. The number of thiazole rings is 1. The molecular formula is C18H21ClN2O2S. The molecular weight excluding hydrogens is 344 g/mol. The molecule has 2 aromatic rings. The van der Waals surface area contributed by atoms with Gasteiger partial charge in [0.1, 0.15) is 5.75 Å². The lowest BCUT2D eigenvalue weighted by atomic mass is 9.95. The van der Waals surface area contributed by atoms with Crippen molar-refractivity contribution >= 4 is 28.8 Å². The summed E-state index contributed by atoms with van der Waals surface area (Å²) < 4.78 is 7.16. The maximum atomic E-state index is 12.6. The number of carbonyl (C=O) groups is 1. The number of methoxy groups -OCH3 is 1. The van der Waals surface area contributed by atoms with E-state index in [2.05, 4.69) is 32.3 Å². The summed E-state index contributed by atoms with van der Waals surface area (Å²) in [5.41, 5.74) is 0.332. The van der Waals surface area contributed by atoms with Gasteiger partial charge in [-0.05, 0) is 23.6 Å². The highest BCUT2D eigenvalue weighted by Gasteiger charge is 2.18. The third kappa shape index (κ3) is 4.16. The first-order chi connectivity index (χ1) is 11.3. The van der Waals surface area contributed by atoms with Crippen molar-refractivity contribution in [3.8, 4) is 5.75 Å². The fourth-order valence-corrected chi connectivity index (χ4v) is 3.31. The van der Waals surface area contributed by atoms with Gasteiger partial charge in [-0.2, -0.15) is 4.99 Å². The zero-order valence-corrected chi connectivity index (χ0v) is 15.9. The maximum absolute atomic E-state index is 12.6. The molecule has 4 nitrogen and oxygen atoms in total. The van der Waals surface area contributed by atoms with Crippen LogP contribution in [0, 0.1) is 0 Å². The summed E-state index contributed by atoms with van der Waals surface area (Å²) in [7, 11) is 1.51. The van der Waals surface area contributed by atoms with Crippen LogP contribution in [0.3, 0.4) is 0 Å². The second kappa shape index (κ2) is 7.36. The Morgan fingerprint density at radius 3 is 2.75 bits per heavy atom. The van der Waals surface area contributed by atoms with E-state index in [1.54, 1.807) is 24.3 Å². The average molecular weight is 365 g/mol. The van der Waals surface area contributed by atoms with E-state index in [0.29, 0.717) is 27.7 Å². The van der Waals surface area contributed by atoms with Gasteiger partial charge >= 0.3 is 0 Å². The van der Waals surface area contributed by atoms with E-state index < -0.39 is 0 Å². The predicted molar refractivity (Wildman–Crippen MR) is 99.1 cm³/mol. The Bertz CT molecular complexity index is 828. The van der Waals surface area contributed by atoms with Crippen LogP contribution in [0.1, 0.15) is 36.0 Å². The van der Waals surface area contributed by atoms with Crippen molar-refractivity contribution in [3.63, 3.8) is 0 Å². The van der Waals surface area contributed by atoms with Gasteiger partial charge in [-0.3, -0.25) is 4.79 Å². The molecule has 2 rings (SSSR count). The maximum Gasteiger partial charge on any atom is 0.283 e. The van der Waals surface area contributed by atoms with Gasteiger partial charge in [-0.25, -0.2) is 0 Å². The second-order valence-corrected chi connectivity index (χ2v) is 7.78. The Morgan fingerprint density at radius 2 is 2.17 bits per heavy atom. The summed E-state index contributed by atoms with van der Waals surface area (Å²) in [4.78, 5) is 18.7. The van der Waals surface area contributed by atoms with Gasteiger partial charge in [0, 0.05) is 22.6 Å². The summed E-state index contributed by atoms with van der Waals surface area (Å²) in [6, 6.07) is 4.91. The van der Waals surface area contributed by atoms with E-state index >= 15 is 0 Å². The van der Waals surface area contributed by atoms with Crippen molar-refractivity contribution < 1.29 is 9.53 Å². The van der Waals surface area contributed by atoms with E-state index in [1.807, 2.05) is 10.8 Å². The number of carbonyl (C=O) groups excluding carboxylic acids is 1. The molecule has 1 heterocycles. The zero-order valence-electron chi connectivity index (χ0n) is 14.3. The van der Waals surface area contributed by atoms with Gasteiger partial charge in [-0.15, -0.1) is 17.9 Å². The number of amides is 1. The van der Waals surface area contributed by atoms with Gasteiger partial charge in [0.05, 0.1) is 12.7 Å². The molecule has 0 saturated carbocycles. The van der Waals surface area contributed by atoms with E-state index in [0.717, 1.165) is 4.88 Å². The zero-order chi connectivity index (χ0) is 17.9. The molecule has 0 saturated heterocycles. The third-order valence-corrected chi connectivity index (χ3v) is 5.06. The van der Waals surface area contributed by atoms with Crippen LogP contribution >= 0.6 is 22.9 Å². The molecule has 6 heteroatoms. The van der Waals surface area contributed by atoms with Gasteiger partial charge in [0.2, 0.25) is 0 Å². The Kier molecular flexibility index (Phi) is 5.67. The molecule has 0 fully saturated rings. The standard InChI is InChI=1S/C18H21ClN2O2S/c1-6-9-21-11-15(18(2,3)4)24-17(21)20-16(22)13-10-12(19)7-8-14(13)23-5/h6-8,10-11H,1,9H2,2-5H3/b20-17-. The minimum absolute atomic E-state index is 0.0157. The smallest absolute Gasteiger partial charge is 0.283 e. The number of aromatic nitrogens is 1. The van der Waals surface area contributed by atoms with Crippen LogP contribution in [0.25, 0.3) is 0 Å². The van der Waals surface area contributed by atoms with Crippen LogP contribution in [0.4, 0.5) is 0 Å². The molecule has 0 aliphatic rings. The van der Waals surface area contributed by atoms with E-state index in [9.17, 15) is 4.79 Å². The molecule has 1 aromatic heterocycles. The van der Waals surface area contributed by atoms with Crippen LogP contribution in [-0.4, -0.2) is 17.6 Å². The molecule has 1 amide bonds. The van der Waals surface area contributed by atoms with E-state index in [4.69, 9.17) is 16.3 Å². The Labute approximate surface area is 151 Å².